The summed E-state index contributed by atoms with van der Waals surface area (Å²) in [6, 6.07) is 10.6. The quantitative estimate of drug-likeness (QED) is 0.683. The third kappa shape index (κ3) is 5.70. The zero-order valence-corrected chi connectivity index (χ0v) is 16.5. The van der Waals surface area contributed by atoms with E-state index in [-0.39, 0.29) is 11.8 Å². The number of anilines is 2. The highest BCUT2D eigenvalue weighted by atomic mass is 35.5. The normalized spacial score (nSPS) is 13.8. The maximum Gasteiger partial charge on any atom is 0.257 e. The van der Waals surface area contributed by atoms with E-state index in [1.54, 1.807) is 42.6 Å². The maximum absolute atomic E-state index is 12.8. The van der Waals surface area contributed by atoms with Gasteiger partial charge in [0, 0.05) is 43.0 Å². The van der Waals surface area contributed by atoms with Gasteiger partial charge in [-0.3, -0.25) is 9.59 Å². The van der Waals surface area contributed by atoms with Gasteiger partial charge in [-0.1, -0.05) is 11.6 Å². The number of likely N-dealkylation sites (tertiary alicyclic amines) is 1. The first-order valence-electron chi connectivity index (χ1n) is 9.67. The smallest absolute Gasteiger partial charge is 0.257 e. The molecule has 0 radical (unpaired) electrons. The average Bonchev–Trinajstić information content (AvgIpc) is 2.73. The second-order valence-corrected chi connectivity index (χ2v) is 7.27. The second-order valence-electron chi connectivity index (χ2n) is 6.84. The van der Waals surface area contributed by atoms with E-state index in [2.05, 4.69) is 15.6 Å². The molecule has 2 amide bonds. The van der Waals surface area contributed by atoms with Gasteiger partial charge in [0.15, 0.2) is 0 Å². The van der Waals surface area contributed by atoms with E-state index in [1.807, 2.05) is 4.90 Å². The van der Waals surface area contributed by atoms with Crippen LogP contribution in [0.1, 0.15) is 42.5 Å². The molecule has 2 N–H and O–H groups in total. The number of amides is 2. The summed E-state index contributed by atoms with van der Waals surface area (Å²) in [5, 5.41) is 6.67. The minimum absolute atomic E-state index is 0.0239. The van der Waals surface area contributed by atoms with E-state index in [0.29, 0.717) is 35.8 Å². The Morgan fingerprint density at radius 2 is 1.82 bits per heavy atom. The molecule has 1 aliphatic rings. The van der Waals surface area contributed by atoms with Gasteiger partial charge in [-0.05, 0) is 62.1 Å². The van der Waals surface area contributed by atoms with Crippen LogP contribution in [0.2, 0.25) is 5.02 Å². The fraction of sp³-hybridized carbons (Fsp3) is 0.381. The molecule has 6 nitrogen and oxygen atoms in total. The van der Waals surface area contributed by atoms with Crippen LogP contribution < -0.4 is 10.6 Å². The summed E-state index contributed by atoms with van der Waals surface area (Å²) in [4.78, 5) is 31.0. The van der Waals surface area contributed by atoms with Gasteiger partial charge in [0.1, 0.15) is 5.82 Å². The molecule has 0 atom stereocenters. The van der Waals surface area contributed by atoms with Gasteiger partial charge in [0.2, 0.25) is 5.91 Å². The molecule has 1 fully saturated rings. The molecule has 1 aliphatic heterocycles. The van der Waals surface area contributed by atoms with Crippen molar-refractivity contribution < 1.29 is 9.59 Å². The summed E-state index contributed by atoms with van der Waals surface area (Å²) in [5.41, 5.74) is 1.32. The highest BCUT2D eigenvalue weighted by Crippen LogP contribution is 2.18. The predicted molar refractivity (Wildman–Crippen MR) is 112 cm³/mol. The summed E-state index contributed by atoms with van der Waals surface area (Å²) in [7, 11) is 0. The third-order valence-corrected chi connectivity index (χ3v) is 4.93. The second kappa shape index (κ2) is 10.1. The molecule has 0 bridgehead atoms. The minimum atomic E-state index is -0.0604. The number of carbonyl (C=O) groups excluding carboxylic acids is 2. The van der Waals surface area contributed by atoms with Crippen molar-refractivity contribution in [1.29, 1.82) is 0 Å². The van der Waals surface area contributed by atoms with Gasteiger partial charge in [-0.2, -0.15) is 0 Å². The summed E-state index contributed by atoms with van der Waals surface area (Å²) in [6.07, 6.45) is 5.96. The number of hydrogen-bond donors (Lipinski definition) is 2. The first-order valence-corrected chi connectivity index (χ1v) is 10.0. The summed E-state index contributed by atoms with van der Waals surface area (Å²) < 4.78 is 0. The van der Waals surface area contributed by atoms with Crippen LogP contribution in [-0.4, -0.2) is 41.3 Å². The van der Waals surface area contributed by atoms with Gasteiger partial charge in [-0.15, -0.1) is 0 Å². The number of aromatic nitrogens is 1. The first-order chi connectivity index (χ1) is 13.6. The molecule has 2 aromatic rings. The largest absolute Gasteiger partial charge is 0.369 e. The molecule has 1 aromatic heterocycles. The molecule has 148 valence electrons. The Balaban J connectivity index is 1.47. The summed E-state index contributed by atoms with van der Waals surface area (Å²) in [5.74, 6) is 0.543. The third-order valence-electron chi connectivity index (χ3n) is 4.68. The van der Waals surface area contributed by atoms with Crippen LogP contribution >= 0.6 is 11.6 Å². The number of pyridine rings is 1. The fourth-order valence-electron chi connectivity index (χ4n) is 3.20. The van der Waals surface area contributed by atoms with Crippen LogP contribution in [0.4, 0.5) is 11.5 Å². The van der Waals surface area contributed by atoms with Crippen molar-refractivity contribution >= 4 is 34.9 Å². The Bertz CT molecular complexity index is 804. The Morgan fingerprint density at radius 3 is 2.57 bits per heavy atom. The molecule has 3 rings (SSSR count). The minimum Gasteiger partial charge on any atom is -0.369 e. The zero-order chi connectivity index (χ0) is 19.8. The van der Waals surface area contributed by atoms with E-state index in [4.69, 9.17) is 11.6 Å². The lowest BCUT2D eigenvalue weighted by molar-refractivity contribution is -0.116. The van der Waals surface area contributed by atoms with Crippen molar-refractivity contribution in [2.75, 3.05) is 30.3 Å². The van der Waals surface area contributed by atoms with Crippen LogP contribution in [0.15, 0.2) is 42.6 Å². The van der Waals surface area contributed by atoms with E-state index in [1.165, 1.54) is 6.42 Å². The molecule has 0 aliphatic carbocycles. The highest BCUT2D eigenvalue weighted by Gasteiger charge is 2.21. The molecule has 28 heavy (non-hydrogen) atoms. The van der Waals surface area contributed by atoms with Crippen molar-refractivity contribution in [3.8, 4) is 0 Å². The van der Waals surface area contributed by atoms with Gasteiger partial charge in [-0.25, -0.2) is 4.98 Å². The molecule has 0 saturated carbocycles. The number of rotatable bonds is 7. The Labute approximate surface area is 170 Å². The molecular weight excluding hydrogens is 376 g/mol. The number of carbonyl (C=O) groups is 2. The van der Waals surface area contributed by atoms with Crippen molar-refractivity contribution in [3.05, 3.63) is 53.2 Å². The van der Waals surface area contributed by atoms with Crippen molar-refractivity contribution in [2.24, 2.45) is 0 Å². The van der Waals surface area contributed by atoms with Gasteiger partial charge in [0.25, 0.3) is 5.91 Å². The van der Waals surface area contributed by atoms with Crippen LogP contribution in [0.3, 0.4) is 0 Å². The van der Waals surface area contributed by atoms with Crippen molar-refractivity contribution in [3.63, 3.8) is 0 Å². The predicted octanol–water partition coefficient (Wildman–Crippen LogP) is 4.19. The summed E-state index contributed by atoms with van der Waals surface area (Å²) in [6.45, 7) is 2.17. The zero-order valence-electron chi connectivity index (χ0n) is 15.8. The molecule has 1 saturated heterocycles. The number of nitrogens with zero attached hydrogens (tertiary/aromatic N) is 2. The average molecular weight is 401 g/mol. The number of halogens is 1. The van der Waals surface area contributed by atoms with Gasteiger partial charge in [0.05, 0.1) is 5.56 Å². The fourth-order valence-corrected chi connectivity index (χ4v) is 3.32. The topological polar surface area (TPSA) is 74.3 Å². The molecule has 0 spiro atoms. The lowest BCUT2D eigenvalue weighted by Crippen LogP contribution is -2.36. The summed E-state index contributed by atoms with van der Waals surface area (Å²) >= 11 is 5.84. The lowest BCUT2D eigenvalue weighted by Gasteiger charge is -2.27. The lowest BCUT2D eigenvalue weighted by atomic mass is 10.1. The molecule has 7 heteroatoms. The highest BCUT2D eigenvalue weighted by molar-refractivity contribution is 6.30. The molecule has 0 unspecified atom stereocenters. The molecule has 1 aromatic carbocycles. The monoisotopic (exact) mass is 400 g/mol. The van der Waals surface area contributed by atoms with Crippen molar-refractivity contribution in [1.82, 2.24) is 9.88 Å². The van der Waals surface area contributed by atoms with E-state index < -0.39 is 0 Å². The van der Waals surface area contributed by atoms with E-state index >= 15 is 0 Å². The number of nitrogens with one attached hydrogen (secondary N) is 2. The number of hydrogen-bond acceptors (Lipinski definition) is 4. The Hall–Kier alpha value is -2.60. The molecular formula is C21H25ClN4O2. The van der Waals surface area contributed by atoms with E-state index in [9.17, 15) is 9.59 Å². The van der Waals surface area contributed by atoms with Crippen LogP contribution in [0.25, 0.3) is 0 Å². The van der Waals surface area contributed by atoms with Crippen molar-refractivity contribution in [2.45, 2.75) is 32.1 Å². The molecule has 2 heterocycles. The Kier molecular flexibility index (Phi) is 7.25. The van der Waals surface area contributed by atoms with E-state index in [0.717, 1.165) is 31.6 Å². The number of piperidine rings is 1. The number of benzene rings is 1. The van der Waals surface area contributed by atoms with Crippen LogP contribution in [-0.2, 0) is 4.79 Å². The SMILES string of the molecule is O=C(CCCNc1ncccc1C(=O)N1CCCCC1)Nc1ccc(Cl)cc1. The first kappa shape index (κ1) is 20.1. The van der Waals surface area contributed by atoms with Crippen LogP contribution in [0.5, 0.6) is 0 Å². The van der Waals surface area contributed by atoms with Crippen LogP contribution in [0, 0.1) is 0 Å². The maximum atomic E-state index is 12.8. The Morgan fingerprint density at radius 1 is 1.07 bits per heavy atom. The standard InChI is InChI=1S/C21H25ClN4O2/c22-16-8-10-17(11-9-16)25-19(27)7-5-13-24-20-18(6-4-12-23-20)21(28)26-14-2-1-3-15-26/h4,6,8-12H,1-3,5,7,13-15H2,(H,23,24)(H,25,27). The van der Waals surface area contributed by atoms with Gasteiger partial charge >= 0.3 is 0 Å². The van der Waals surface area contributed by atoms with Gasteiger partial charge < -0.3 is 15.5 Å².